The third-order valence-corrected chi connectivity index (χ3v) is 2.42. The van der Waals surface area contributed by atoms with Gasteiger partial charge >= 0.3 is 6.18 Å². The van der Waals surface area contributed by atoms with Crippen LogP contribution in [0, 0.1) is 11.3 Å². The number of pyridine rings is 1. The van der Waals surface area contributed by atoms with E-state index in [-0.39, 0.29) is 11.6 Å². The number of hydrogen-bond donors (Lipinski definition) is 1. The van der Waals surface area contributed by atoms with Crippen molar-refractivity contribution < 1.29 is 17.9 Å². The fourth-order valence-electron chi connectivity index (χ4n) is 1.46. The normalized spacial score (nSPS) is 10.8. The van der Waals surface area contributed by atoms with Crippen molar-refractivity contribution in [2.24, 2.45) is 0 Å². The topological polar surface area (TPSA) is 83.7 Å². The number of anilines is 1. The average molecular weight is 309 g/mol. The van der Waals surface area contributed by atoms with Crippen LogP contribution in [-0.2, 0) is 6.54 Å². The quantitative estimate of drug-likeness (QED) is 0.912. The number of halogens is 3. The lowest BCUT2D eigenvalue weighted by atomic mass is 10.2. The molecule has 0 unspecified atom stereocenters. The van der Waals surface area contributed by atoms with Crippen molar-refractivity contribution in [3.63, 3.8) is 0 Å². The van der Waals surface area contributed by atoms with Gasteiger partial charge in [0.05, 0.1) is 12.4 Å². The van der Waals surface area contributed by atoms with E-state index in [0.29, 0.717) is 17.9 Å². The second-order valence-corrected chi connectivity index (χ2v) is 4.16. The van der Waals surface area contributed by atoms with Crippen LogP contribution in [-0.4, -0.2) is 27.7 Å². The second kappa shape index (κ2) is 6.71. The van der Waals surface area contributed by atoms with E-state index in [2.05, 4.69) is 25.0 Å². The maximum atomic E-state index is 12.1. The lowest BCUT2D eigenvalue weighted by molar-refractivity contribution is -0.154. The van der Waals surface area contributed by atoms with Crippen LogP contribution < -0.4 is 10.1 Å². The molecule has 2 aromatic heterocycles. The Morgan fingerprint density at radius 2 is 2.05 bits per heavy atom. The maximum absolute atomic E-state index is 12.1. The van der Waals surface area contributed by atoms with Gasteiger partial charge in [-0.15, -0.1) is 0 Å². The van der Waals surface area contributed by atoms with Crippen LogP contribution in [0.25, 0.3) is 0 Å². The predicted octanol–water partition coefficient (Wildman–Crippen LogP) is 2.30. The van der Waals surface area contributed by atoms with Crippen LogP contribution >= 0.6 is 0 Å². The van der Waals surface area contributed by atoms with Crippen molar-refractivity contribution in [2.45, 2.75) is 12.7 Å². The highest BCUT2D eigenvalue weighted by molar-refractivity contribution is 5.35. The van der Waals surface area contributed by atoms with Crippen LogP contribution in [0.5, 0.6) is 5.88 Å². The molecule has 0 aromatic carbocycles. The number of alkyl halides is 3. The summed E-state index contributed by atoms with van der Waals surface area (Å²) in [5, 5.41) is 11.5. The number of nitriles is 1. The maximum Gasteiger partial charge on any atom is 0.422 e. The summed E-state index contributed by atoms with van der Waals surface area (Å²) < 4.78 is 40.8. The fraction of sp³-hybridized carbons (Fsp3) is 0.231. The first kappa shape index (κ1) is 15.5. The van der Waals surface area contributed by atoms with Gasteiger partial charge in [0.15, 0.2) is 12.3 Å². The van der Waals surface area contributed by atoms with Gasteiger partial charge in [0, 0.05) is 18.8 Å². The molecule has 22 heavy (non-hydrogen) atoms. The molecule has 1 N–H and O–H groups in total. The molecule has 0 saturated carbocycles. The molecule has 6 nitrogen and oxygen atoms in total. The summed E-state index contributed by atoms with van der Waals surface area (Å²) in [6.07, 6.45) is -0.352. The SMILES string of the molecule is N#Cc1cnc(NCc2ccnc(OCC(F)(F)F)c2)cn1. The zero-order valence-electron chi connectivity index (χ0n) is 11.1. The molecule has 0 saturated heterocycles. The van der Waals surface area contributed by atoms with Crippen molar-refractivity contribution in [1.29, 1.82) is 5.26 Å². The Hall–Kier alpha value is -2.89. The summed E-state index contributed by atoms with van der Waals surface area (Å²) in [6, 6.07) is 4.87. The third kappa shape index (κ3) is 4.90. The predicted molar refractivity (Wildman–Crippen MR) is 69.9 cm³/mol. The lowest BCUT2D eigenvalue weighted by Gasteiger charge is -2.10. The minimum Gasteiger partial charge on any atom is -0.468 e. The molecule has 2 rings (SSSR count). The minimum absolute atomic E-state index is 0.109. The molecule has 0 amide bonds. The van der Waals surface area contributed by atoms with Gasteiger partial charge < -0.3 is 10.1 Å². The van der Waals surface area contributed by atoms with Crippen LogP contribution in [0.15, 0.2) is 30.7 Å². The third-order valence-electron chi connectivity index (χ3n) is 2.42. The zero-order valence-corrected chi connectivity index (χ0v) is 11.1. The fourth-order valence-corrected chi connectivity index (χ4v) is 1.46. The van der Waals surface area contributed by atoms with Gasteiger partial charge in [-0.05, 0) is 11.6 Å². The molecule has 0 aliphatic carbocycles. The zero-order chi connectivity index (χ0) is 16.0. The Balaban J connectivity index is 1.93. The van der Waals surface area contributed by atoms with Gasteiger partial charge in [-0.1, -0.05) is 0 Å². The molecule has 2 heterocycles. The first-order chi connectivity index (χ1) is 10.5. The molecule has 0 atom stereocenters. The standard InChI is InChI=1S/C13H10F3N5O/c14-13(15,16)8-22-12-3-9(1-2-18-12)5-20-11-7-19-10(4-17)6-21-11/h1-3,6-7H,5,8H2,(H,20,21). The lowest BCUT2D eigenvalue weighted by Crippen LogP contribution is -2.19. The first-order valence-electron chi connectivity index (χ1n) is 6.07. The van der Waals surface area contributed by atoms with E-state index in [1.165, 1.54) is 24.7 Å². The van der Waals surface area contributed by atoms with Gasteiger partial charge in [-0.25, -0.2) is 15.0 Å². The van der Waals surface area contributed by atoms with Crippen molar-refractivity contribution >= 4 is 5.82 Å². The summed E-state index contributed by atoms with van der Waals surface area (Å²) >= 11 is 0. The van der Waals surface area contributed by atoms with E-state index < -0.39 is 12.8 Å². The van der Waals surface area contributed by atoms with Gasteiger partial charge in [0.2, 0.25) is 5.88 Å². The summed E-state index contributed by atoms with van der Waals surface area (Å²) in [5.41, 5.74) is 0.857. The van der Waals surface area contributed by atoms with Crippen molar-refractivity contribution in [3.8, 4) is 11.9 Å². The van der Waals surface area contributed by atoms with E-state index in [1.54, 1.807) is 6.07 Å². The van der Waals surface area contributed by atoms with Crippen molar-refractivity contribution in [2.75, 3.05) is 11.9 Å². The van der Waals surface area contributed by atoms with Crippen molar-refractivity contribution in [3.05, 3.63) is 42.0 Å². The number of aromatic nitrogens is 3. The Morgan fingerprint density at radius 3 is 2.68 bits per heavy atom. The Labute approximate surface area is 123 Å². The molecule has 0 radical (unpaired) electrons. The number of rotatable bonds is 5. The molecule has 0 aliphatic rings. The summed E-state index contributed by atoms with van der Waals surface area (Å²) in [4.78, 5) is 11.5. The summed E-state index contributed by atoms with van der Waals surface area (Å²) in [7, 11) is 0. The molecule has 0 aliphatic heterocycles. The molecule has 2 aromatic rings. The van der Waals surface area contributed by atoms with Gasteiger partial charge in [-0.2, -0.15) is 18.4 Å². The van der Waals surface area contributed by atoms with Gasteiger partial charge in [-0.3, -0.25) is 0 Å². The average Bonchev–Trinajstić information content (AvgIpc) is 2.51. The smallest absolute Gasteiger partial charge is 0.422 e. The monoisotopic (exact) mass is 309 g/mol. The van der Waals surface area contributed by atoms with Crippen LogP contribution in [0.3, 0.4) is 0 Å². The second-order valence-electron chi connectivity index (χ2n) is 4.16. The summed E-state index contributed by atoms with van der Waals surface area (Å²) in [6.45, 7) is -1.09. The molecular formula is C13H10F3N5O. The van der Waals surface area contributed by atoms with Gasteiger partial charge in [0.1, 0.15) is 11.9 Å². The highest BCUT2D eigenvalue weighted by atomic mass is 19.4. The Morgan fingerprint density at radius 1 is 1.23 bits per heavy atom. The molecular weight excluding hydrogens is 299 g/mol. The van der Waals surface area contributed by atoms with Gasteiger partial charge in [0.25, 0.3) is 0 Å². The summed E-state index contributed by atoms with van der Waals surface area (Å²) in [5.74, 6) is 0.330. The Kier molecular flexibility index (Phi) is 4.73. The number of nitrogens with zero attached hydrogens (tertiary/aromatic N) is 4. The Bertz CT molecular complexity index is 667. The van der Waals surface area contributed by atoms with Crippen LogP contribution in [0.2, 0.25) is 0 Å². The van der Waals surface area contributed by atoms with Crippen LogP contribution in [0.4, 0.5) is 19.0 Å². The number of nitrogens with one attached hydrogen (secondary N) is 1. The van der Waals surface area contributed by atoms with E-state index >= 15 is 0 Å². The van der Waals surface area contributed by atoms with Crippen LogP contribution in [0.1, 0.15) is 11.3 Å². The largest absolute Gasteiger partial charge is 0.468 e. The van der Waals surface area contributed by atoms with E-state index in [0.717, 1.165) is 0 Å². The first-order valence-corrected chi connectivity index (χ1v) is 6.07. The van der Waals surface area contributed by atoms with Crippen molar-refractivity contribution in [1.82, 2.24) is 15.0 Å². The molecule has 9 heteroatoms. The van der Waals surface area contributed by atoms with E-state index in [4.69, 9.17) is 5.26 Å². The number of ether oxygens (including phenoxy) is 1. The molecule has 114 valence electrons. The highest BCUT2D eigenvalue weighted by Gasteiger charge is 2.28. The molecule has 0 fully saturated rings. The van der Waals surface area contributed by atoms with E-state index in [1.807, 2.05) is 6.07 Å². The number of hydrogen-bond acceptors (Lipinski definition) is 6. The minimum atomic E-state index is -4.41. The highest BCUT2D eigenvalue weighted by Crippen LogP contribution is 2.17. The molecule has 0 bridgehead atoms. The molecule has 0 spiro atoms. The van der Waals surface area contributed by atoms with E-state index in [9.17, 15) is 13.2 Å².